The summed E-state index contributed by atoms with van der Waals surface area (Å²) in [5.74, 6) is 0.255. The number of benzene rings is 2. The summed E-state index contributed by atoms with van der Waals surface area (Å²) in [7, 11) is 0. The van der Waals surface area contributed by atoms with Gasteiger partial charge in [-0.1, -0.05) is 29.5 Å². The summed E-state index contributed by atoms with van der Waals surface area (Å²) in [5.41, 5.74) is 0.441. The van der Waals surface area contributed by atoms with Crippen molar-refractivity contribution in [3.63, 3.8) is 0 Å². The lowest BCUT2D eigenvalue weighted by Crippen LogP contribution is -2.19. The van der Waals surface area contributed by atoms with Gasteiger partial charge >= 0.3 is 0 Å². The molecule has 0 radical (unpaired) electrons. The molecule has 0 fully saturated rings. The van der Waals surface area contributed by atoms with Crippen LogP contribution in [0.4, 0.5) is 10.8 Å². The molecule has 0 bridgehead atoms. The molecule has 0 unspecified atom stereocenters. The predicted molar refractivity (Wildman–Crippen MR) is 86.8 cm³/mol. The van der Waals surface area contributed by atoms with E-state index in [1.807, 2.05) is 18.2 Å². The minimum Gasteiger partial charge on any atom is -0.484 e. The number of anilines is 1. The number of fused-ring (bicyclic) bond motifs is 1. The van der Waals surface area contributed by atoms with Gasteiger partial charge in [0.15, 0.2) is 11.7 Å². The summed E-state index contributed by atoms with van der Waals surface area (Å²) in [4.78, 5) is 26.3. The lowest BCUT2D eigenvalue weighted by Gasteiger charge is -2.04. The molecule has 1 heterocycles. The average Bonchev–Trinajstić information content (AvgIpc) is 2.95. The molecule has 1 amide bonds. The van der Waals surface area contributed by atoms with Gasteiger partial charge in [-0.05, 0) is 18.2 Å². The lowest BCUT2D eigenvalue weighted by molar-refractivity contribution is -0.384. The van der Waals surface area contributed by atoms with E-state index in [-0.39, 0.29) is 18.2 Å². The van der Waals surface area contributed by atoms with Crippen molar-refractivity contribution < 1.29 is 14.5 Å². The molecule has 7 nitrogen and oxygen atoms in total. The number of rotatable bonds is 5. The third kappa shape index (κ3) is 3.61. The first-order valence-corrected chi connectivity index (χ1v) is 7.46. The molecule has 23 heavy (non-hydrogen) atoms. The molecular formula is C15H11N3O4S. The lowest BCUT2D eigenvalue weighted by atomic mass is 10.3. The third-order valence-corrected chi connectivity index (χ3v) is 3.89. The number of nitro groups is 1. The number of non-ortho nitro benzene ring substituents is 1. The minimum atomic E-state index is -0.481. The minimum absolute atomic E-state index is 0.0342. The summed E-state index contributed by atoms with van der Waals surface area (Å²) in [6.07, 6.45) is 0. The predicted octanol–water partition coefficient (Wildman–Crippen LogP) is 3.22. The first-order valence-electron chi connectivity index (χ1n) is 6.64. The Hall–Kier alpha value is -3.00. The zero-order chi connectivity index (χ0) is 16.2. The van der Waals surface area contributed by atoms with Crippen molar-refractivity contribution in [2.45, 2.75) is 0 Å². The zero-order valence-corrected chi connectivity index (χ0v) is 12.6. The van der Waals surface area contributed by atoms with E-state index in [0.29, 0.717) is 16.4 Å². The molecule has 0 aliphatic heterocycles. The molecular weight excluding hydrogens is 318 g/mol. The monoisotopic (exact) mass is 329 g/mol. The summed E-state index contributed by atoms with van der Waals surface area (Å²) in [5, 5.41) is 13.7. The molecule has 3 rings (SSSR count). The highest BCUT2D eigenvalue weighted by atomic mass is 32.1. The maximum atomic E-state index is 11.9. The third-order valence-electron chi connectivity index (χ3n) is 2.94. The smallest absolute Gasteiger partial charge is 0.271 e. The van der Waals surface area contributed by atoms with E-state index in [0.717, 1.165) is 4.70 Å². The van der Waals surface area contributed by atoms with Gasteiger partial charge in [0.05, 0.1) is 15.1 Å². The molecule has 0 aliphatic rings. The molecule has 2 aromatic carbocycles. The van der Waals surface area contributed by atoms with Gasteiger partial charge in [0.1, 0.15) is 5.75 Å². The van der Waals surface area contributed by atoms with Crippen LogP contribution in [0.3, 0.4) is 0 Å². The fraction of sp³-hybridized carbons (Fsp3) is 0.0667. The Labute approximate surface area is 134 Å². The Kier molecular flexibility index (Phi) is 4.15. The fourth-order valence-electron chi connectivity index (χ4n) is 1.90. The van der Waals surface area contributed by atoms with E-state index >= 15 is 0 Å². The molecule has 3 aromatic rings. The largest absolute Gasteiger partial charge is 0.484 e. The van der Waals surface area contributed by atoms with Crippen LogP contribution in [-0.4, -0.2) is 22.4 Å². The van der Waals surface area contributed by atoms with Gasteiger partial charge in [0.2, 0.25) is 0 Å². The highest BCUT2D eigenvalue weighted by molar-refractivity contribution is 7.22. The Bertz CT molecular complexity index is 864. The Morgan fingerprint density at radius 3 is 2.78 bits per heavy atom. The summed E-state index contributed by atoms with van der Waals surface area (Å²) < 4.78 is 6.10. The van der Waals surface area contributed by atoms with Crippen LogP contribution in [0.25, 0.3) is 10.2 Å². The van der Waals surface area contributed by atoms with Crippen LogP contribution in [0.15, 0.2) is 48.5 Å². The van der Waals surface area contributed by atoms with Crippen LogP contribution in [0.5, 0.6) is 5.75 Å². The second-order valence-corrected chi connectivity index (χ2v) is 5.61. The molecule has 0 atom stereocenters. The number of aromatic nitrogens is 1. The summed E-state index contributed by atoms with van der Waals surface area (Å²) >= 11 is 1.25. The highest BCUT2D eigenvalue weighted by Gasteiger charge is 2.12. The number of ether oxygens (including phenoxy) is 1. The maximum absolute atomic E-state index is 11.9. The summed E-state index contributed by atoms with van der Waals surface area (Å²) in [6.45, 7) is -0.139. The van der Waals surface area contributed by atoms with E-state index in [9.17, 15) is 14.9 Å². The van der Waals surface area contributed by atoms with Crippen LogP contribution < -0.4 is 10.1 Å². The topological polar surface area (TPSA) is 94.4 Å². The second kappa shape index (κ2) is 6.41. The number of amides is 1. The molecule has 0 aliphatic carbocycles. The number of para-hydroxylation sites is 1. The fourth-order valence-corrected chi connectivity index (χ4v) is 2.77. The van der Waals surface area contributed by atoms with Gasteiger partial charge < -0.3 is 4.74 Å². The van der Waals surface area contributed by atoms with Gasteiger partial charge in [-0.25, -0.2) is 4.98 Å². The van der Waals surface area contributed by atoms with Gasteiger partial charge in [-0.3, -0.25) is 20.2 Å². The molecule has 0 spiro atoms. The van der Waals surface area contributed by atoms with E-state index in [4.69, 9.17) is 4.74 Å². The number of hydrogen-bond acceptors (Lipinski definition) is 6. The number of nitrogens with one attached hydrogen (secondary N) is 1. The number of nitro benzene ring substituents is 1. The van der Waals surface area contributed by atoms with Crippen molar-refractivity contribution in [1.82, 2.24) is 4.98 Å². The van der Waals surface area contributed by atoms with E-state index in [1.165, 1.54) is 23.5 Å². The number of thiazole rings is 1. The van der Waals surface area contributed by atoms with Gasteiger partial charge in [0.25, 0.3) is 11.6 Å². The zero-order valence-electron chi connectivity index (χ0n) is 11.8. The van der Waals surface area contributed by atoms with Crippen molar-refractivity contribution >= 4 is 38.3 Å². The van der Waals surface area contributed by atoms with Crippen molar-refractivity contribution in [3.8, 4) is 5.75 Å². The standard InChI is InChI=1S/C15H11N3O4S/c19-14(9-22-11-4-2-1-3-5-11)17-15-16-12-8-10(18(20)21)6-7-13(12)23-15/h1-8H,9H2,(H,16,17,19). The Balaban J connectivity index is 1.66. The van der Waals surface area contributed by atoms with Crippen LogP contribution in [0.2, 0.25) is 0 Å². The maximum Gasteiger partial charge on any atom is 0.271 e. The second-order valence-electron chi connectivity index (χ2n) is 4.58. The van der Waals surface area contributed by atoms with Gasteiger partial charge in [-0.15, -0.1) is 0 Å². The van der Waals surface area contributed by atoms with Crippen LogP contribution in [0.1, 0.15) is 0 Å². The molecule has 116 valence electrons. The van der Waals surface area contributed by atoms with Gasteiger partial charge in [-0.2, -0.15) is 0 Å². The first kappa shape index (κ1) is 14.9. The number of carbonyl (C=O) groups is 1. The van der Waals surface area contributed by atoms with Crippen molar-refractivity contribution in [2.24, 2.45) is 0 Å². The van der Waals surface area contributed by atoms with Crippen LogP contribution in [0, 0.1) is 10.1 Å². The van der Waals surface area contributed by atoms with Crippen molar-refractivity contribution in [1.29, 1.82) is 0 Å². The van der Waals surface area contributed by atoms with Crippen LogP contribution in [-0.2, 0) is 4.79 Å². The first-order chi connectivity index (χ1) is 11.1. The van der Waals surface area contributed by atoms with Crippen LogP contribution >= 0.6 is 11.3 Å². The highest BCUT2D eigenvalue weighted by Crippen LogP contribution is 2.28. The molecule has 1 aromatic heterocycles. The molecule has 0 saturated heterocycles. The summed E-state index contributed by atoms with van der Waals surface area (Å²) in [6, 6.07) is 13.4. The number of hydrogen-bond donors (Lipinski definition) is 1. The number of nitrogens with zero attached hydrogens (tertiary/aromatic N) is 2. The quantitative estimate of drug-likeness (QED) is 0.573. The molecule has 0 saturated carbocycles. The molecule has 8 heteroatoms. The normalized spacial score (nSPS) is 10.4. The Morgan fingerprint density at radius 1 is 1.26 bits per heavy atom. The molecule has 1 N–H and O–H groups in total. The van der Waals surface area contributed by atoms with E-state index in [2.05, 4.69) is 10.3 Å². The van der Waals surface area contributed by atoms with E-state index < -0.39 is 4.92 Å². The average molecular weight is 329 g/mol. The van der Waals surface area contributed by atoms with Gasteiger partial charge in [0, 0.05) is 12.1 Å². The Morgan fingerprint density at radius 2 is 2.04 bits per heavy atom. The van der Waals surface area contributed by atoms with Crippen molar-refractivity contribution in [2.75, 3.05) is 11.9 Å². The van der Waals surface area contributed by atoms with E-state index in [1.54, 1.807) is 18.2 Å². The number of carbonyl (C=O) groups excluding carboxylic acids is 1. The SMILES string of the molecule is O=C(COc1ccccc1)Nc1nc2cc([N+](=O)[O-])ccc2s1. The van der Waals surface area contributed by atoms with Crippen molar-refractivity contribution in [3.05, 3.63) is 58.6 Å².